The maximum absolute atomic E-state index is 13.0. The standard InChI is InChI=1S/C14H18F3N/c1-9-2-4-10(5-3-9)8-18-11-6-12(15)14(17)13(16)7-11/h6-7,9-10,18H,2-5,8H2,1H3. The molecule has 0 heterocycles. The van der Waals surface area contributed by atoms with E-state index in [1.165, 1.54) is 12.8 Å². The third-order valence-corrected chi connectivity index (χ3v) is 3.71. The minimum Gasteiger partial charge on any atom is -0.385 e. The lowest BCUT2D eigenvalue weighted by Gasteiger charge is -2.26. The van der Waals surface area contributed by atoms with Crippen LogP contribution in [-0.2, 0) is 0 Å². The van der Waals surface area contributed by atoms with Gasteiger partial charge < -0.3 is 5.32 Å². The maximum atomic E-state index is 13.0. The van der Waals surface area contributed by atoms with Gasteiger partial charge in [0.2, 0.25) is 0 Å². The van der Waals surface area contributed by atoms with E-state index in [-0.39, 0.29) is 0 Å². The summed E-state index contributed by atoms with van der Waals surface area (Å²) in [5.74, 6) is -2.38. The van der Waals surface area contributed by atoms with E-state index in [1.54, 1.807) is 0 Å². The van der Waals surface area contributed by atoms with Gasteiger partial charge in [0.05, 0.1) is 0 Å². The van der Waals surface area contributed by atoms with E-state index in [0.29, 0.717) is 18.2 Å². The van der Waals surface area contributed by atoms with Crippen molar-refractivity contribution >= 4 is 5.69 Å². The summed E-state index contributed by atoms with van der Waals surface area (Å²) in [6.45, 7) is 2.94. The zero-order valence-electron chi connectivity index (χ0n) is 10.5. The molecule has 0 unspecified atom stereocenters. The molecule has 0 radical (unpaired) electrons. The van der Waals surface area contributed by atoms with E-state index in [4.69, 9.17) is 0 Å². The number of halogens is 3. The average Bonchev–Trinajstić information content (AvgIpc) is 2.35. The molecule has 4 heteroatoms. The molecule has 1 saturated carbocycles. The van der Waals surface area contributed by atoms with Crippen molar-refractivity contribution in [3.8, 4) is 0 Å². The summed E-state index contributed by atoms with van der Waals surface area (Å²) in [7, 11) is 0. The molecule has 0 amide bonds. The molecule has 18 heavy (non-hydrogen) atoms. The first-order valence-electron chi connectivity index (χ1n) is 6.44. The largest absolute Gasteiger partial charge is 0.385 e. The molecule has 1 aromatic rings. The number of nitrogens with one attached hydrogen (secondary N) is 1. The maximum Gasteiger partial charge on any atom is 0.194 e. The first kappa shape index (κ1) is 13.2. The van der Waals surface area contributed by atoms with Crippen molar-refractivity contribution in [3.05, 3.63) is 29.6 Å². The molecule has 1 fully saturated rings. The Hall–Kier alpha value is -1.19. The van der Waals surface area contributed by atoms with Crippen LogP contribution >= 0.6 is 0 Å². The van der Waals surface area contributed by atoms with E-state index in [0.717, 1.165) is 30.9 Å². The van der Waals surface area contributed by atoms with E-state index in [1.807, 2.05) is 0 Å². The highest BCUT2D eigenvalue weighted by Crippen LogP contribution is 2.28. The summed E-state index contributed by atoms with van der Waals surface area (Å²) >= 11 is 0. The quantitative estimate of drug-likeness (QED) is 0.794. The van der Waals surface area contributed by atoms with Gasteiger partial charge in [-0.2, -0.15) is 0 Å². The second-order valence-electron chi connectivity index (χ2n) is 5.26. The number of hydrogen-bond donors (Lipinski definition) is 1. The SMILES string of the molecule is CC1CCC(CNc2cc(F)c(F)c(F)c2)CC1. The molecule has 1 N–H and O–H groups in total. The molecule has 1 aromatic carbocycles. The molecule has 0 atom stereocenters. The zero-order valence-corrected chi connectivity index (χ0v) is 10.5. The van der Waals surface area contributed by atoms with Gasteiger partial charge in [-0.3, -0.25) is 0 Å². The van der Waals surface area contributed by atoms with Crippen LogP contribution in [0, 0.1) is 29.3 Å². The van der Waals surface area contributed by atoms with Crippen molar-refractivity contribution in [2.45, 2.75) is 32.6 Å². The van der Waals surface area contributed by atoms with Crippen LogP contribution in [0.25, 0.3) is 0 Å². The number of hydrogen-bond acceptors (Lipinski definition) is 1. The van der Waals surface area contributed by atoms with Crippen LogP contribution in [0.2, 0.25) is 0 Å². The van der Waals surface area contributed by atoms with Gasteiger partial charge in [-0.15, -0.1) is 0 Å². The van der Waals surface area contributed by atoms with Crippen LogP contribution in [0.15, 0.2) is 12.1 Å². The van der Waals surface area contributed by atoms with Crippen molar-refractivity contribution in [1.29, 1.82) is 0 Å². The summed E-state index contributed by atoms with van der Waals surface area (Å²) in [6.07, 6.45) is 4.69. The summed E-state index contributed by atoms with van der Waals surface area (Å²) in [6, 6.07) is 2.01. The van der Waals surface area contributed by atoms with Crippen LogP contribution in [0.3, 0.4) is 0 Å². The molecule has 0 saturated heterocycles. The Morgan fingerprint density at radius 2 is 1.61 bits per heavy atom. The Morgan fingerprint density at radius 1 is 1.06 bits per heavy atom. The predicted molar refractivity (Wildman–Crippen MR) is 65.9 cm³/mol. The first-order valence-corrected chi connectivity index (χ1v) is 6.44. The Morgan fingerprint density at radius 3 is 2.17 bits per heavy atom. The van der Waals surface area contributed by atoms with Crippen LogP contribution in [-0.4, -0.2) is 6.54 Å². The third-order valence-electron chi connectivity index (χ3n) is 3.71. The lowest BCUT2D eigenvalue weighted by molar-refractivity contribution is 0.300. The van der Waals surface area contributed by atoms with Crippen molar-refractivity contribution in [3.63, 3.8) is 0 Å². The fourth-order valence-electron chi connectivity index (χ4n) is 2.45. The Labute approximate surface area is 105 Å². The van der Waals surface area contributed by atoms with Gasteiger partial charge in [-0.1, -0.05) is 19.8 Å². The van der Waals surface area contributed by atoms with Crippen LogP contribution in [0.1, 0.15) is 32.6 Å². The molecule has 1 aliphatic rings. The van der Waals surface area contributed by atoms with Gasteiger partial charge in [-0.05, 0) is 24.7 Å². The van der Waals surface area contributed by atoms with E-state index in [2.05, 4.69) is 12.2 Å². The minimum atomic E-state index is -1.41. The van der Waals surface area contributed by atoms with E-state index in [9.17, 15) is 13.2 Å². The fourth-order valence-corrected chi connectivity index (χ4v) is 2.45. The Bertz CT molecular complexity index is 388. The predicted octanol–water partition coefficient (Wildman–Crippen LogP) is 4.34. The van der Waals surface area contributed by atoms with E-state index >= 15 is 0 Å². The van der Waals surface area contributed by atoms with Gasteiger partial charge >= 0.3 is 0 Å². The highest BCUT2D eigenvalue weighted by molar-refractivity contribution is 5.44. The van der Waals surface area contributed by atoms with Gasteiger partial charge in [0, 0.05) is 24.4 Å². The zero-order chi connectivity index (χ0) is 13.1. The molecule has 1 aliphatic carbocycles. The molecule has 2 rings (SSSR count). The van der Waals surface area contributed by atoms with E-state index < -0.39 is 17.5 Å². The number of benzene rings is 1. The fraction of sp³-hybridized carbons (Fsp3) is 0.571. The first-order chi connectivity index (χ1) is 8.56. The Balaban J connectivity index is 1.90. The highest BCUT2D eigenvalue weighted by atomic mass is 19.2. The summed E-state index contributed by atoms with van der Waals surface area (Å²) < 4.78 is 38.8. The number of anilines is 1. The summed E-state index contributed by atoms with van der Waals surface area (Å²) in [5, 5.41) is 2.99. The normalized spacial score (nSPS) is 24.0. The molecule has 0 spiro atoms. The molecule has 0 aromatic heterocycles. The lowest BCUT2D eigenvalue weighted by atomic mass is 9.83. The van der Waals surface area contributed by atoms with Crippen molar-refractivity contribution in [2.24, 2.45) is 11.8 Å². The topological polar surface area (TPSA) is 12.0 Å². The van der Waals surface area contributed by atoms with Gasteiger partial charge in [-0.25, -0.2) is 13.2 Å². The van der Waals surface area contributed by atoms with Gasteiger partial charge in [0.1, 0.15) is 0 Å². The Kier molecular flexibility index (Phi) is 4.15. The van der Waals surface area contributed by atoms with Crippen LogP contribution < -0.4 is 5.32 Å². The molecule has 0 aliphatic heterocycles. The second kappa shape index (κ2) is 5.63. The molecular weight excluding hydrogens is 239 g/mol. The second-order valence-corrected chi connectivity index (χ2v) is 5.26. The lowest BCUT2D eigenvalue weighted by Crippen LogP contribution is -2.20. The minimum absolute atomic E-state index is 0.310. The molecule has 1 nitrogen and oxygen atoms in total. The van der Waals surface area contributed by atoms with Crippen molar-refractivity contribution in [2.75, 3.05) is 11.9 Å². The van der Waals surface area contributed by atoms with Crippen LogP contribution in [0.4, 0.5) is 18.9 Å². The molecule has 100 valence electrons. The smallest absolute Gasteiger partial charge is 0.194 e. The summed E-state index contributed by atoms with van der Waals surface area (Å²) in [5.41, 5.74) is 0.310. The van der Waals surface area contributed by atoms with Crippen molar-refractivity contribution < 1.29 is 13.2 Å². The average molecular weight is 257 g/mol. The summed E-state index contributed by atoms with van der Waals surface area (Å²) in [4.78, 5) is 0. The molecule has 0 bridgehead atoms. The third kappa shape index (κ3) is 3.18. The van der Waals surface area contributed by atoms with Gasteiger partial charge in [0.15, 0.2) is 17.5 Å². The molecular formula is C14H18F3N. The van der Waals surface area contributed by atoms with Gasteiger partial charge in [0.25, 0.3) is 0 Å². The van der Waals surface area contributed by atoms with Crippen LogP contribution in [0.5, 0.6) is 0 Å². The number of rotatable bonds is 3. The monoisotopic (exact) mass is 257 g/mol. The van der Waals surface area contributed by atoms with Crippen molar-refractivity contribution in [1.82, 2.24) is 0 Å². The highest BCUT2D eigenvalue weighted by Gasteiger charge is 2.18.